The molecular formula is C17H27N5O2. The van der Waals surface area contributed by atoms with Crippen molar-refractivity contribution in [1.82, 2.24) is 20.2 Å². The lowest BCUT2D eigenvalue weighted by Crippen LogP contribution is -2.50. The van der Waals surface area contributed by atoms with E-state index in [0.717, 1.165) is 44.7 Å². The number of H-pyrrole nitrogens is 1. The minimum Gasteiger partial charge on any atom is -0.352 e. The molecule has 0 atom stereocenters. The predicted octanol–water partition coefficient (Wildman–Crippen LogP) is 0.468. The summed E-state index contributed by atoms with van der Waals surface area (Å²) in [6, 6.07) is 1.98. The molecule has 7 nitrogen and oxygen atoms in total. The molecule has 0 spiro atoms. The molecule has 1 aliphatic carbocycles. The molecule has 2 heterocycles. The Hall–Kier alpha value is -1.89. The number of hydrogen-bond acceptors (Lipinski definition) is 5. The van der Waals surface area contributed by atoms with Crippen molar-refractivity contribution in [3.05, 3.63) is 22.1 Å². The third-order valence-corrected chi connectivity index (χ3v) is 4.48. The number of aromatic nitrogens is 2. The third-order valence-electron chi connectivity index (χ3n) is 4.48. The number of piperazine rings is 1. The van der Waals surface area contributed by atoms with E-state index in [-0.39, 0.29) is 16.9 Å². The smallest absolute Gasteiger partial charge is 0.252 e. The van der Waals surface area contributed by atoms with Crippen molar-refractivity contribution in [3.8, 4) is 0 Å². The molecule has 1 amide bonds. The highest BCUT2D eigenvalue weighted by molar-refractivity contribution is 5.78. The molecule has 2 aliphatic rings. The average Bonchev–Trinajstić information content (AvgIpc) is 3.30. The molecule has 24 heavy (non-hydrogen) atoms. The van der Waals surface area contributed by atoms with Gasteiger partial charge >= 0.3 is 0 Å². The first-order chi connectivity index (χ1) is 11.3. The van der Waals surface area contributed by atoms with E-state index in [1.165, 1.54) is 0 Å². The van der Waals surface area contributed by atoms with Crippen LogP contribution in [0.4, 0.5) is 5.95 Å². The summed E-state index contributed by atoms with van der Waals surface area (Å²) in [7, 11) is 0. The van der Waals surface area contributed by atoms with E-state index in [1.54, 1.807) is 6.07 Å². The Labute approximate surface area is 142 Å². The normalized spacial score (nSPS) is 19.4. The minimum absolute atomic E-state index is 0.115. The van der Waals surface area contributed by atoms with Crippen LogP contribution in [0.15, 0.2) is 10.9 Å². The van der Waals surface area contributed by atoms with Crippen molar-refractivity contribution >= 4 is 11.9 Å². The summed E-state index contributed by atoms with van der Waals surface area (Å²) in [5.41, 5.74) is 0.523. The second-order valence-electron chi connectivity index (χ2n) is 7.81. The Bertz CT molecular complexity index is 652. The molecule has 0 radical (unpaired) electrons. The lowest BCUT2D eigenvalue weighted by atomic mass is 9.92. The second-order valence-corrected chi connectivity index (χ2v) is 7.81. The summed E-state index contributed by atoms with van der Waals surface area (Å²) >= 11 is 0. The molecule has 132 valence electrons. The Balaban J connectivity index is 1.59. The van der Waals surface area contributed by atoms with Crippen molar-refractivity contribution in [2.45, 2.75) is 45.1 Å². The van der Waals surface area contributed by atoms with Crippen LogP contribution in [0.5, 0.6) is 0 Å². The number of carbonyl (C=O) groups excluding carboxylic acids is 1. The van der Waals surface area contributed by atoms with Gasteiger partial charge in [-0.1, -0.05) is 20.8 Å². The van der Waals surface area contributed by atoms with Crippen LogP contribution in [0.25, 0.3) is 0 Å². The maximum absolute atomic E-state index is 11.9. The highest BCUT2D eigenvalue weighted by atomic mass is 16.2. The highest BCUT2D eigenvalue weighted by Crippen LogP contribution is 2.21. The molecule has 2 N–H and O–H groups in total. The van der Waals surface area contributed by atoms with Crippen LogP contribution in [0.2, 0.25) is 0 Å². The number of nitrogens with zero attached hydrogens (tertiary/aromatic N) is 3. The Morgan fingerprint density at radius 1 is 1.29 bits per heavy atom. The van der Waals surface area contributed by atoms with E-state index in [1.807, 2.05) is 0 Å². The van der Waals surface area contributed by atoms with Crippen LogP contribution in [-0.2, 0) is 10.2 Å². The highest BCUT2D eigenvalue weighted by Gasteiger charge is 2.26. The van der Waals surface area contributed by atoms with Gasteiger partial charge in [-0.2, -0.15) is 0 Å². The van der Waals surface area contributed by atoms with Gasteiger partial charge in [-0.15, -0.1) is 0 Å². The van der Waals surface area contributed by atoms with Gasteiger partial charge < -0.3 is 10.2 Å². The molecule has 2 fully saturated rings. The number of aromatic amines is 1. The second kappa shape index (κ2) is 6.55. The first kappa shape index (κ1) is 17.0. The molecule has 3 rings (SSSR count). The fourth-order valence-electron chi connectivity index (χ4n) is 2.80. The Morgan fingerprint density at radius 2 is 1.96 bits per heavy atom. The zero-order valence-corrected chi connectivity index (χ0v) is 14.8. The number of hydrogen-bond donors (Lipinski definition) is 2. The van der Waals surface area contributed by atoms with Crippen LogP contribution in [0, 0.1) is 0 Å². The summed E-state index contributed by atoms with van der Waals surface area (Å²) < 4.78 is 0. The topological polar surface area (TPSA) is 81.3 Å². The minimum atomic E-state index is -0.161. The van der Waals surface area contributed by atoms with Crippen molar-refractivity contribution < 1.29 is 4.79 Å². The van der Waals surface area contributed by atoms with E-state index in [2.05, 4.69) is 45.9 Å². The Morgan fingerprint density at radius 3 is 2.54 bits per heavy atom. The molecule has 1 aromatic rings. The molecule has 0 bridgehead atoms. The van der Waals surface area contributed by atoms with Crippen LogP contribution in [0.1, 0.15) is 39.3 Å². The number of amides is 1. The average molecular weight is 333 g/mol. The van der Waals surface area contributed by atoms with Gasteiger partial charge in [-0.3, -0.25) is 19.5 Å². The quantitative estimate of drug-likeness (QED) is 0.837. The number of anilines is 1. The first-order valence-electron chi connectivity index (χ1n) is 8.70. The summed E-state index contributed by atoms with van der Waals surface area (Å²) in [5.74, 6) is 0.752. The fourth-order valence-corrected chi connectivity index (χ4v) is 2.80. The van der Waals surface area contributed by atoms with Gasteiger partial charge in [0, 0.05) is 43.7 Å². The molecule has 0 unspecified atom stereocenters. The van der Waals surface area contributed by atoms with Crippen molar-refractivity contribution in [2.75, 3.05) is 37.6 Å². The summed E-state index contributed by atoms with van der Waals surface area (Å²) in [6.45, 7) is 9.71. The van der Waals surface area contributed by atoms with E-state index < -0.39 is 0 Å². The van der Waals surface area contributed by atoms with E-state index in [4.69, 9.17) is 0 Å². The number of carbonyl (C=O) groups is 1. The molecule has 0 aromatic carbocycles. The van der Waals surface area contributed by atoms with Crippen LogP contribution in [-0.4, -0.2) is 59.5 Å². The molecule has 1 aliphatic heterocycles. The van der Waals surface area contributed by atoms with Gasteiger partial charge in [0.2, 0.25) is 11.9 Å². The summed E-state index contributed by atoms with van der Waals surface area (Å²) in [6.07, 6.45) is 2.23. The maximum Gasteiger partial charge on any atom is 0.252 e. The fraction of sp³-hybridized carbons (Fsp3) is 0.706. The van der Waals surface area contributed by atoms with Crippen molar-refractivity contribution in [3.63, 3.8) is 0 Å². The predicted molar refractivity (Wildman–Crippen MR) is 93.4 cm³/mol. The SMILES string of the molecule is CC(C)(C)c1cc(=O)[nH]c(N2CCN(CC(=O)NC3CC3)CC2)n1. The monoisotopic (exact) mass is 333 g/mol. The van der Waals surface area contributed by atoms with Gasteiger partial charge in [0.05, 0.1) is 12.2 Å². The largest absolute Gasteiger partial charge is 0.352 e. The van der Waals surface area contributed by atoms with E-state index in [0.29, 0.717) is 18.5 Å². The number of rotatable bonds is 4. The zero-order valence-electron chi connectivity index (χ0n) is 14.8. The van der Waals surface area contributed by atoms with Crippen molar-refractivity contribution in [2.24, 2.45) is 0 Å². The Kier molecular flexibility index (Phi) is 4.62. The molecule has 1 saturated carbocycles. The van der Waals surface area contributed by atoms with Gasteiger partial charge in [0.1, 0.15) is 0 Å². The zero-order chi connectivity index (χ0) is 17.3. The lowest BCUT2D eigenvalue weighted by molar-refractivity contribution is -0.122. The van der Waals surface area contributed by atoms with Gasteiger partial charge in [0.25, 0.3) is 5.56 Å². The standard InChI is InChI=1S/C17H27N5O2/c1-17(2,3)13-10-14(23)20-16(19-13)22-8-6-21(7-9-22)11-15(24)18-12-4-5-12/h10,12H,4-9,11H2,1-3H3,(H,18,24)(H,19,20,23). The van der Waals surface area contributed by atoms with Crippen LogP contribution >= 0.6 is 0 Å². The summed E-state index contributed by atoms with van der Waals surface area (Å²) in [5, 5.41) is 3.02. The van der Waals surface area contributed by atoms with Gasteiger partial charge in [0.15, 0.2) is 0 Å². The number of nitrogens with one attached hydrogen (secondary N) is 2. The van der Waals surface area contributed by atoms with Crippen molar-refractivity contribution in [1.29, 1.82) is 0 Å². The molecular weight excluding hydrogens is 306 g/mol. The molecule has 7 heteroatoms. The first-order valence-corrected chi connectivity index (χ1v) is 8.70. The van der Waals surface area contributed by atoms with E-state index in [9.17, 15) is 9.59 Å². The summed E-state index contributed by atoms with van der Waals surface area (Å²) in [4.78, 5) is 35.5. The van der Waals surface area contributed by atoms with Crippen LogP contribution < -0.4 is 15.8 Å². The third kappa shape index (κ3) is 4.35. The molecule has 1 saturated heterocycles. The maximum atomic E-state index is 11.9. The van der Waals surface area contributed by atoms with Gasteiger partial charge in [-0.25, -0.2) is 4.98 Å². The van der Waals surface area contributed by atoms with Crippen LogP contribution in [0.3, 0.4) is 0 Å². The van der Waals surface area contributed by atoms with Gasteiger partial charge in [-0.05, 0) is 12.8 Å². The van der Waals surface area contributed by atoms with E-state index >= 15 is 0 Å². The molecule has 1 aromatic heterocycles. The lowest BCUT2D eigenvalue weighted by Gasteiger charge is -2.35.